The Labute approximate surface area is 178 Å². The average molecular weight is 420 g/mol. The molecule has 0 N–H and O–H groups in total. The number of hydrogen-bond acceptors (Lipinski definition) is 5. The van der Waals surface area contributed by atoms with E-state index in [-0.39, 0.29) is 17.9 Å². The van der Waals surface area contributed by atoms with Crippen molar-refractivity contribution in [3.05, 3.63) is 92.9 Å². The van der Waals surface area contributed by atoms with Gasteiger partial charge < -0.3 is 9.64 Å². The lowest BCUT2D eigenvalue weighted by Gasteiger charge is -2.24. The van der Waals surface area contributed by atoms with Crippen molar-refractivity contribution in [2.75, 3.05) is 7.11 Å². The summed E-state index contributed by atoms with van der Waals surface area (Å²) in [5.74, 6) is 0.657. The molecule has 0 bridgehead atoms. The van der Waals surface area contributed by atoms with Gasteiger partial charge in [0.05, 0.1) is 25.4 Å². The summed E-state index contributed by atoms with van der Waals surface area (Å²) in [4.78, 5) is 28.3. The molecule has 0 aliphatic carbocycles. The molecule has 2 aromatic heterocycles. The molecule has 0 atom stereocenters. The van der Waals surface area contributed by atoms with Crippen LogP contribution in [0, 0.1) is 0 Å². The number of thiophene rings is 1. The highest BCUT2D eigenvalue weighted by Gasteiger charge is 2.19. The van der Waals surface area contributed by atoms with Gasteiger partial charge in [-0.2, -0.15) is 5.10 Å². The van der Waals surface area contributed by atoms with Crippen LogP contribution in [0.3, 0.4) is 0 Å². The minimum absolute atomic E-state index is 0.0430. The molecule has 0 unspecified atom stereocenters. The zero-order valence-electron chi connectivity index (χ0n) is 16.5. The second kappa shape index (κ2) is 8.92. The second-order valence-corrected chi connectivity index (χ2v) is 7.86. The fourth-order valence-electron chi connectivity index (χ4n) is 3.38. The highest BCUT2D eigenvalue weighted by atomic mass is 32.1. The number of methoxy groups -OCH3 is 1. The Kier molecular flexibility index (Phi) is 5.90. The van der Waals surface area contributed by atoms with Gasteiger partial charge in [-0.3, -0.25) is 14.3 Å². The lowest BCUT2D eigenvalue weighted by Crippen LogP contribution is -2.33. The lowest BCUT2D eigenvalue weighted by atomic mass is 10.2. The number of benzene rings is 2. The smallest absolute Gasteiger partial charge is 0.244 e. The molecule has 4 rings (SSSR count). The number of ether oxygens (including phenoxy) is 1. The topological polar surface area (TPSA) is 64.4 Å². The van der Waals surface area contributed by atoms with E-state index in [0.29, 0.717) is 24.0 Å². The summed E-state index contributed by atoms with van der Waals surface area (Å²) in [6, 6.07) is 18.9. The van der Waals surface area contributed by atoms with E-state index in [9.17, 15) is 9.59 Å². The number of nitrogens with zero attached hydrogens (tertiary/aromatic N) is 3. The van der Waals surface area contributed by atoms with Crippen molar-refractivity contribution in [3.8, 4) is 5.75 Å². The highest BCUT2D eigenvalue weighted by Crippen LogP contribution is 2.22. The molecule has 2 heterocycles. The van der Waals surface area contributed by atoms with Gasteiger partial charge in [0.1, 0.15) is 12.3 Å². The van der Waals surface area contributed by atoms with E-state index in [1.807, 2.05) is 47.8 Å². The van der Waals surface area contributed by atoms with Gasteiger partial charge in [0.15, 0.2) is 0 Å². The number of rotatable bonds is 7. The van der Waals surface area contributed by atoms with E-state index >= 15 is 0 Å². The molecule has 0 saturated heterocycles. The second-order valence-electron chi connectivity index (χ2n) is 6.82. The van der Waals surface area contributed by atoms with Crippen LogP contribution in [-0.2, 0) is 24.4 Å². The third-order valence-corrected chi connectivity index (χ3v) is 5.74. The molecule has 0 aliphatic rings. The van der Waals surface area contributed by atoms with E-state index in [1.54, 1.807) is 46.2 Å². The minimum atomic E-state index is -0.154. The highest BCUT2D eigenvalue weighted by molar-refractivity contribution is 7.09. The molecule has 30 heavy (non-hydrogen) atoms. The molecular weight excluding hydrogens is 398 g/mol. The number of hydrogen-bond donors (Lipinski definition) is 0. The maximum atomic E-state index is 13.3. The molecule has 152 valence electrons. The van der Waals surface area contributed by atoms with Gasteiger partial charge in [0.25, 0.3) is 0 Å². The minimum Gasteiger partial charge on any atom is -0.496 e. The first-order valence-electron chi connectivity index (χ1n) is 9.52. The number of fused-ring (bicyclic) bond motifs is 1. The van der Waals surface area contributed by atoms with Crippen molar-refractivity contribution in [2.45, 2.75) is 19.6 Å². The molecule has 0 aliphatic heterocycles. The molecule has 6 nitrogen and oxygen atoms in total. The van der Waals surface area contributed by atoms with Gasteiger partial charge in [-0.15, -0.1) is 11.3 Å². The summed E-state index contributed by atoms with van der Waals surface area (Å²) >= 11 is 1.61. The largest absolute Gasteiger partial charge is 0.496 e. The number of aromatic nitrogens is 2. The maximum Gasteiger partial charge on any atom is 0.244 e. The first-order valence-corrected chi connectivity index (χ1v) is 10.4. The zero-order chi connectivity index (χ0) is 20.9. The molecule has 0 spiro atoms. The van der Waals surface area contributed by atoms with E-state index in [0.717, 1.165) is 16.2 Å². The van der Waals surface area contributed by atoms with Crippen LogP contribution in [-0.4, -0.2) is 27.7 Å². The van der Waals surface area contributed by atoms with Gasteiger partial charge in [0.2, 0.25) is 11.3 Å². The Morgan fingerprint density at radius 2 is 1.87 bits per heavy atom. The average Bonchev–Trinajstić information content (AvgIpc) is 3.29. The third kappa shape index (κ3) is 4.26. The quantitative estimate of drug-likeness (QED) is 0.458. The van der Waals surface area contributed by atoms with Gasteiger partial charge in [-0.25, -0.2) is 0 Å². The fraction of sp³-hybridized carbons (Fsp3) is 0.174. The normalized spacial score (nSPS) is 10.8. The van der Waals surface area contributed by atoms with E-state index in [2.05, 4.69) is 5.10 Å². The van der Waals surface area contributed by atoms with Crippen LogP contribution in [0.15, 0.2) is 77.0 Å². The molecule has 0 radical (unpaired) electrons. The maximum absolute atomic E-state index is 13.3. The first-order chi connectivity index (χ1) is 14.7. The number of carbonyl (C=O) groups excluding carboxylic acids is 1. The van der Waals surface area contributed by atoms with Gasteiger partial charge in [0, 0.05) is 22.4 Å². The molecular formula is C23H21N3O3S. The molecule has 2 aromatic carbocycles. The molecule has 0 fully saturated rings. The number of carbonyl (C=O) groups is 1. The van der Waals surface area contributed by atoms with E-state index in [1.165, 1.54) is 6.20 Å². The molecule has 0 saturated carbocycles. The Morgan fingerprint density at radius 3 is 2.67 bits per heavy atom. The van der Waals surface area contributed by atoms with Crippen molar-refractivity contribution in [1.82, 2.24) is 14.7 Å². The summed E-state index contributed by atoms with van der Waals surface area (Å²) in [6.07, 6.45) is 1.26. The van der Waals surface area contributed by atoms with Crippen LogP contribution in [0.2, 0.25) is 0 Å². The summed E-state index contributed by atoms with van der Waals surface area (Å²) in [7, 11) is 1.63. The Bertz CT molecular complexity index is 1220. The van der Waals surface area contributed by atoms with E-state index in [4.69, 9.17) is 4.74 Å². The van der Waals surface area contributed by atoms with Crippen molar-refractivity contribution >= 4 is 28.1 Å². The van der Waals surface area contributed by atoms with Crippen LogP contribution in [0.1, 0.15) is 10.4 Å². The van der Waals surface area contributed by atoms with Crippen LogP contribution >= 0.6 is 11.3 Å². The Morgan fingerprint density at radius 1 is 1.07 bits per heavy atom. The van der Waals surface area contributed by atoms with Crippen LogP contribution in [0.4, 0.5) is 0 Å². The van der Waals surface area contributed by atoms with Crippen molar-refractivity contribution in [2.24, 2.45) is 0 Å². The summed E-state index contributed by atoms with van der Waals surface area (Å²) in [6.45, 7) is 0.951. The summed E-state index contributed by atoms with van der Waals surface area (Å²) < 4.78 is 7.05. The van der Waals surface area contributed by atoms with Crippen molar-refractivity contribution in [1.29, 1.82) is 0 Å². The van der Waals surface area contributed by atoms with Crippen LogP contribution in [0.25, 0.3) is 10.9 Å². The Balaban J connectivity index is 1.64. The predicted molar refractivity (Wildman–Crippen MR) is 118 cm³/mol. The zero-order valence-corrected chi connectivity index (χ0v) is 17.3. The number of amides is 1. The molecule has 1 amide bonds. The van der Waals surface area contributed by atoms with Crippen LogP contribution < -0.4 is 10.2 Å². The van der Waals surface area contributed by atoms with E-state index < -0.39 is 0 Å². The van der Waals surface area contributed by atoms with Crippen LogP contribution in [0.5, 0.6) is 5.75 Å². The first kappa shape index (κ1) is 19.8. The lowest BCUT2D eigenvalue weighted by molar-refractivity contribution is -0.133. The number of para-hydroxylation sites is 2. The molecule has 4 aromatic rings. The fourth-order valence-corrected chi connectivity index (χ4v) is 4.10. The predicted octanol–water partition coefficient (Wildman–Crippen LogP) is 3.70. The third-order valence-electron chi connectivity index (χ3n) is 4.88. The van der Waals surface area contributed by atoms with Gasteiger partial charge in [-0.05, 0) is 29.6 Å². The van der Waals surface area contributed by atoms with Gasteiger partial charge >= 0.3 is 0 Å². The Hall–Kier alpha value is -3.45. The standard InChI is InChI=1S/C23H21N3O3S/c1-29-22-11-5-2-7-17(22)14-25(15-18-8-6-12-30-18)23(28)16-26-20-10-4-3-9-19(20)21(27)13-24-26/h2-13H,14-16H2,1H3. The van der Waals surface area contributed by atoms with Crippen molar-refractivity contribution < 1.29 is 9.53 Å². The SMILES string of the molecule is COc1ccccc1CN(Cc1cccs1)C(=O)Cn1ncc(=O)c2ccccc21. The molecule has 7 heteroatoms. The summed E-state index contributed by atoms with van der Waals surface area (Å²) in [5, 5.41) is 6.75. The van der Waals surface area contributed by atoms with Gasteiger partial charge in [-0.1, -0.05) is 36.4 Å². The van der Waals surface area contributed by atoms with Crippen molar-refractivity contribution in [3.63, 3.8) is 0 Å². The summed E-state index contributed by atoms with van der Waals surface area (Å²) in [5.41, 5.74) is 1.42. The monoisotopic (exact) mass is 419 g/mol.